The molecule has 1 heterocycles. The van der Waals surface area contributed by atoms with E-state index in [2.05, 4.69) is 12.2 Å². The Hall–Kier alpha value is -0.120. The third-order valence-electron chi connectivity index (χ3n) is 2.34. The van der Waals surface area contributed by atoms with Crippen molar-refractivity contribution in [1.82, 2.24) is 5.32 Å². The number of aliphatic hydroxyl groups is 1. The van der Waals surface area contributed by atoms with Crippen molar-refractivity contribution in [3.05, 3.63) is 0 Å². The number of hydrogen-bond donors (Lipinski definition) is 2. The van der Waals surface area contributed by atoms with Crippen LogP contribution in [0.5, 0.6) is 0 Å². The number of nitrogens with one attached hydrogen (secondary N) is 1. The van der Waals surface area contributed by atoms with Gasteiger partial charge in [0.05, 0.1) is 12.2 Å². The lowest BCUT2D eigenvalue weighted by atomic mass is 10.1. The molecule has 0 aliphatic carbocycles. The highest BCUT2D eigenvalue weighted by atomic mass is 16.5. The van der Waals surface area contributed by atoms with E-state index in [0.717, 1.165) is 26.0 Å². The van der Waals surface area contributed by atoms with Crippen LogP contribution in [0.25, 0.3) is 0 Å². The second kappa shape index (κ2) is 4.80. The molecule has 0 aromatic carbocycles. The number of ether oxygens (including phenoxy) is 1. The Balaban J connectivity index is 2.06. The zero-order valence-corrected chi connectivity index (χ0v) is 7.92. The zero-order chi connectivity index (χ0) is 8.97. The van der Waals surface area contributed by atoms with Gasteiger partial charge >= 0.3 is 0 Å². The first kappa shape index (κ1) is 9.96. The van der Waals surface area contributed by atoms with Crippen molar-refractivity contribution in [3.8, 4) is 0 Å². The highest BCUT2D eigenvalue weighted by molar-refractivity contribution is 4.78. The van der Waals surface area contributed by atoms with Crippen LogP contribution in [-0.2, 0) is 4.74 Å². The van der Waals surface area contributed by atoms with Crippen LogP contribution in [0.3, 0.4) is 0 Å². The molecule has 1 aliphatic rings. The van der Waals surface area contributed by atoms with E-state index >= 15 is 0 Å². The van der Waals surface area contributed by atoms with Gasteiger partial charge < -0.3 is 15.2 Å². The molecule has 12 heavy (non-hydrogen) atoms. The maximum atomic E-state index is 9.02. The van der Waals surface area contributed by atoms with Crippen molar-refractivity contribution in [3.63, 3.8) is 0 Å². The summed E-state index contributed by atoms with van der Waals surface area (Å²) >= 11 is 0. The Bertz CT molecular complexity index is 128. The molecule has 0 aromatic heterocycles. The summed E-state index contributed by atoms with van der Waals surface area (Å²) in [5.74, 6) is 0. The summed E-state index contributed by atoms with van der Waals surface area (Å²) in [6, 6.07) is 0.490. The molecule has 3 atom stereocenters. The third kappa shape index (κ3) is 3.09. The molecule has 0 aromatic rings. The predicted octanol–water partition coefficient (Wildman–Crippen LogP) is 0.524. The highest BCUT2D eigenvalue weighted by Gasteiger charge is 2.22. The summed E-state index contributed by atoms with van der Waals surface area (Å²) in [4.78, 5) is 0. The van der Waals surface area contributed by atoms with Crippen molar-refractivity contribution in [2.45, 2.75) is 44.9 Å². The van der Waals surface area contributed by atoms with Crippen LogP contribution in [0.1, 0.15) is 26.7 Å². The minimum absolute atomic E-state index is 0.199. The highest BCUT2D eigenvalue weighted by Crippen LogP contribution is 2.12. The van der Waals surface area contributed by atoms with Crippen molar-refractivity contribution < 1.29 is 9.84 Å². The van der Waals surface area contributed by atoms with E-state index in [0.29, 0.717) is 12.1 Å². The number of hydrogen-bond acceptors (Lipinski definition) is 3. The van der Waals surface area contributed by atoms with Gasteiger partial charge in [0.25, 0.3) is 0 Å². The largest absolute Gasteiger partial charge is 0.393 e. The lowest BCUT2D eigenvalue weighted by Gasteiger charge is -2.16. The minimum atomic E-state index is -0.199. The summed E-state index contributed by atoms with van der Waals surface area (Å²) in [6.07, 6.45) is 2.05. The summed E-state index contributed by atoms with van der Waals surface area (Å²) in [6.45, 7) is 5.66. The fourth-order valence-corrected chi connectivity index (χ4v) is 1.48. The number of aliphatic hydroxyl groups excluding tert-OH is 1. The molecule has 0 amide bonds. The molecule has 0 spiro atoms. The normalized spacial score (nSPS) is 32.2. The van der Waals surface area contributed by atoms with Gasteiger partial charge in [0, 0.05) is 12.6 Å². The molecule has 3 unspecified atom stereocenters. The van der Waals surface area contributed by atoms with E-state index in [9.17, 15) is 0 Å². The summed E-state index contributed by atoms with van der Waals surface area (Å²) in [7, 11) is 0. The first-order valence-electron chi connectivity index (χ1n) is 4.73. The fraction of sp³-hybridized carbons (Fsp3) is 1.00. The summed E-state index contributed by atoms with van der Waals surface area (Å²) < 4.78 is 5.40. The van der Waals surface area contributed by atoms with Gasteiger partial charge in [-0.3, -0.25) is 0 Å². The van der Waals surface area contributed by atoms with Crippen molar-refractivity contribution >= 4 is 0 Å². The molecule has 1 rings (SSSR count). The maximum absolute atomic E-state index is 9.02. The van der Waals surface area contributed by atoms with Crippen LogP contribution in [0.2, 0.25) is 0 Å². The van der Waals surface area contributed by atoms with Gasteiger partial charge in [0.15, 0.2) is 0 Å². The molecule has 1 aliphatic heterocycles. The average Bonchev–Trinajstić information content (AvgIpc) is 2.36. The Morgan fingerprint density at radius 2 is 2.42 bits per heavy atom. The van der Waals surface area contributed by atoms with Crippen LogP contribution in [0, 0.1) is 0 Å². The monoisotopic (exact) mass is 173 g/mol. The SMILES string of the molecule is CC(O)CCNC1CCOC1C. The van der Waals surface area contributed by atoms with Gasteiger partial charge in [0.2, 0.25) is 0 Å². The molecular weight excluding hydrogens is 154 g/mol. The lowest BCUT2D eigenvalue weighted by molar-refractivity contribution is 0.111. The topological polar surface area (TPSA) is 41.5 Å². The van der Waals surface area contributed by atoms with Gasteiger partial charge in [-0.05, 0) is 33.2 Å². The van der Waals surface area contributed by atoms with E-state index < -0.39 is 0 Å². The molecular formula is C9H19NO2. The van der Waals surface area contributed by atoms with Crippen LogP contribution in [0.15, 0.2) is 0 Å². The van der Waals surface area contributed by atoms with Crippen molar-refractivity contribution in [2.75, 3.05) is 13.2 Å². The van der Waals surface area contributed by atoms with Crippen molar-refractivity contribution in [1.29, 1.82) is 0 Å². The zero-order valence-electron chi connectivity index (χ0n) is 7.92. The second-order valence-corrected chi connectivity index (χ2v) is 3.56. The van der Waals surface area contributed by atoms with Crippen LogP contribution >= 0.6 is 0 Å². The molecule has 2 N–H and O–H groups in total. The Labute approximate surface area is 74.1 Å². The van der Waals surface area contributed by atoms with E-state index in [1.54, 1.807) is 0 Å². The molecule has 3 heteroatoms. The third-order valence-corrected chi connectivity index (χ3v) is 2.34. The summed E-state index contributed by atoms with van der Waals surface area (Å²) in [5, 5.41) is 12.4. The first-order valence-corrected chi connectivity index (χ1v) is 4.73. The molecule has 0 saturated carbocycles. The van der Waals surface area contributed by atoms with E-state index in [4.69, 9.17) is 9.84 Å². The van der Waals surface area contributed by atoms with Crippen LogP contribution in [-0.4, -0.2) is 36.5 Å². The van der Waals surface area contributed by atoms with E-state index in [1.165, 1.54) is 0 Å². The Morgan fingerprint density at radius 1 is 1.67 bits per heavy atom. The minimum Gasteiger partial charge on any atom is -0.393 e. The van der Waals surface area contributed by atoms with Gasteiger partial charge in [-0.2, -0.15) is 0 Å². The smallest absolute Gasteiger partial charge is 0.0700 e. The average molecular weight is 173 g/mol. The maximum Gasteiger partial charge on any atom is 0.0700 e. The Kier molecular flexibility index (Phi) is 3.98. The second-order valence-electron chi connectivity index (χ2n) is 3.56. The van der Waals surface area contributed by atoms with Crippen LogP contribution < -0.4 is 5.32 Å². The van der Waals surface area contributed by atoms with Gasteiger partial charge in [-0.25, -0.2) is 0 Å². The molecule has 72 valence electrons. The molecule has 1 fully saturated rings. The van der Waals surface area contributed by atoms with E-state index in [-0.39, 0.29) is 6.10 Å². The molecule has 0 radical (unpaired) electrons. The molecule has 3 nitrogen and oxygen atoms in total. The lowest BCUT2D eigenvalue weighted by Crippen LogP contribution is -2.36. The van der Waals surface area contributed by atoms with Crippen molar-refractivity contribution in [2.24, 2.45) is 0 Å². The van der Waals surface area contributed by atoms with Gasteiger partial charge in [-0.1, -0.05) is 0 Å². The molecule has 1 saturated heterocycles. The first-order chi connectivity index (χ1) is 5.70. The fourth-order valence-electron chi connectivity index (χ4n) is 1.48. The van der Waals surface area contributed by atoms with Crippen LogP contribution in [0.4, 0.5) is 0 Å². The van der Waals surface area contributed by atoms with E-state index in [1.807, 2.05) is 6.92 Å². The van der Waals surface area contributed by atoms with Gasteiger partial charge in [0.1, 0.15) is 0 Å². The predicted molar refractivity (Wildman–Crippen MR) is 48.1 cm³/mol. The standard InChI is InChI=1S/C9H19NO2/c1-7(11)3-5-10-9-4-6-12-8(9)2/h7-11H,3-6H2,1-2H3. The number of rotatable bonds is 4. The quantitative estimate of drug-likeness (QED) is 0.651. The summed E-state index contributed by atoms with van der Waals surface area (Å²) in [5.41, 5.74) is 0. The Morgan fingerprint density at radius 3 is 2.92 bits per heavy atom. The van der Waals surface area contributed by atoms with Gasteiger partial charge in [-0.15, -0.1) is 0 Å². The molecule has 0 bridgehead atoms.